The fourth-order valence-corrected chi connectivity index (χ4v) is 6.12. The molecule has 1 aliphatic rings. The molecule has 0 saturated carbocycles. The van der Waals surface area contributed by atoms with Crippen LogP contribution in [0.5, 0.6) is 5.75 Å². The third kappa shape index (κ3) is 5.40. The Labute approximate surface area is 202 Å². The van der Waals surface area contributed by atoms with E-state index in [-0.39, 0.29) is 11.7 Å². The summed E-state index contributed by atoms with van der Waals surface area (Å²) in [4.78, 5) is 13.9. The van der Waals surface area contributed by atoms with Gasteiger partial charge in [-0.05, 0) is 55.9 Å². The number of nitrogens with zero attached hydrogens (tertiary/aromatic N) is 4. The number of hydrogen-bond acceptors (Lipinski definition) is 7. The largest absolute Gasteiger partial charge is 0.497 e. The van der Waals surface area contributed by atoms with Gasteiger partial charge in [0.2, 0.25) is 5.91 Å². The van der Waals surface area contributed by atoms with E-state index in [0.717, 1.165) is 60.1 Å². The molecule has 1 N–H and O–H groups in total. The number of aromatic nitrogens is 3. The number of nitriles is 1. The number of amides is 1. The molecule has 1 amide bonds. The first kappa shape index (κ1) is 23.3. The summed E-state index contributed by atoms with van der Waals surface area (Å²) in [5, 5.41) is 22.7. The molecule has 33 heavy (non-hydrogen) atoms. The van der Waals surface area contributed by atoms with Crippen LogP contribution >= 0.6 is 23.1 Å². The Morgan fingerprint density at radius 3 is 2.76 bits per heavy atom. The minimum Gasteiger partial charge on any atom is -0.497 e. The molecule has 9 heteroatoms. The smallest absolute Gasteiger partial charge is 0.235 e. The number of thiophene rings is 1. The number of benzene rings is 1. The summed E-state index contributed by atoms with van der Waals surface area (Å²) in [6.07, 6.45) is 6.03. The number of carbonyl (C=O) groups is 1. The summed E-state index contributed by atoms with van der Waals surface area (Å²) >= 11 is 2.93. The lowest BCUT2D eigenvalue weighted by molar-refractivity contribution is -0.113. The van der Waals surface area contributed by atoms with Crippen LogP contribution in [0.2, 0.25) is 0 Å². The Kier molecular flexibility index (Phi) is 7.68. The Morgan fingerprint density at radius 2 is 2.03 bits per heavy atom. The molecule has 2 heterocycles. The number of carbonyl (C=O) groups excluding carboxylic acids is 1. The average Bonchev–Trinajstić information content (AvgIpc) is 3.28. The molecule has 172 valence electrons. The Bertz CT molecular complexity index is 1160. The summed E-state index contributed by atoms with van der Waals surface area (Å²) in [7, 11) is 1.65. The van der Waals surface area contributed by atoms with Crippen molar-refractivity contribution in [2.45, 2.75) is 57.1 Å². The number of ether oxygens (including phenoxy) is 1. The zero-order chi connectivity index (χ0) is 23.2. The highest BCUT2D eigenvalue weighted by Gasteiger charge is 2.21. The van der Waals surface area contributed by atoms with Crippen LogP contribution in [-0.4, -0.2) is 33.5 Å². The van der Waals surface area contributed by atoms with Gasteiger partial charge in [0.25, 0.3) is 0 Å². The number of hydrogen-bond donors (Lipinski definition) is 1. The molecule has 1 aliphatic carbocycles. The molecule has 0 atom stereocenters. The van der Waals surface area contributed by atoms with Crippen LogP contribution < -0.4 is 10.1 Å². The van der Waals surface area contributed by atoms with Gasteiger partial charge in [-0.15, -0.1) is 21.5 Å². The number of methoxy groups -OCH3 is 1. The van der Waals surface area contributed by atoms with E-state index in [1.54, 1.807) is 18.4 Å². The molecule has 7 nitrogen and oxygen atoms in total. The SMILES string of the molecule is CCn1c(Cc2ccc(OC)cc2)nnc1SCC(=O)Nc1sc2c(c1C#N)CCCCC2. The molecule has 1 aromatic carbocycles. The highest BCUT2D eigenvalue weighted by atomic mass is 32.2. The number of thioether (sulfide) groups is 1. The second-order valence-electron chi connectivity index (χ2n) is 7.89. The maximum atomic E-state index is 12.7. The van der Waals surface area contributed by atoms with E-state index >= 15 is 0 Å². The maximum Gasteiger partial charge on any atom is 0.235 e. The average molecular weight is 482 g/mol. The Hall–Kier alpha value is -2.83. The first-order valence-electron chi connectivity index (χ1n) is 11.1. The van der Waals surface area contributed by atoms with Gasteiger partial charge in [-0.25, -0.2) is 0 Å². The molecule has 3 aromatic rings. The van der Waals surface area contributed by atoms with Crippen LogP contribution in [0.25, 0.3) is 0 Å². The summed E-state index contributed by atoms with van der Waals surface area (Å²) < 4.78 is 7.26. The fourth-order valence-electron chi connectivity index (χ4n) is 4.04. The minimum absolute atomic E-state index is 0.129. The predicted molar refractivity (Wildman–Crippen MR) is 131 cm³/mol. The van der Waals surface area contributed by atoms with Crippen LogP contribution in [0.1, 0.15) is 53.6 Å². The second kappa shape index (κ2) is 10.9. The van der Waals surface area contributed by atoms with Gasteiger partial charge in [0.05, 0.1) is 18.4 Å². The van der Waals surface area contributed by atoms with Crippen molar-refractivity contribution < 1.29 is 9.53 Å². The van der Waals surface area contributed by atoms with E-state index in [1.807, 2.05) is 35.8 Å². The highest BCUT2D eigenvalue weighted by molar-refractivity contribution is 7.99. The minimum atomic E-state index is -0.129. The molecule has 0 aliphatic heterocycles. The van der Waals surface area contributed by atoms with Gasteiger partial charge in [0.1, 0.15) is 22.6 Å². The van der Waals surface area contributed by atoms with E-state index in [2.05, 4.69) is 21.6 Å². The first-order valence-corrected chi connectivity index (χ1v) is 13.0. The van der Waals surface area contributed by atoms with Crippen LogP contribution in [0, 0.1) is 11.3 Å². The van der Waals surface area contributed by atoms with Gasteiger partial charge in [-0.3, -0.25) is 4.79 Å². The van der Waals surface area contributed by atoms with Crippen molar-refractivity contribution in [1.82, 2.24) is 14.8 Å². The van der Waals surface area contributed by atoms with Crippen molar-refractivity contribution in [3.05, 3.63) is 51.7 Å². The standard InChI is InChI=1S/C24H27N5O2S2/c1-3-29-21(13-16-9-11-17(31-2)12-10-16)27-28-24(29)32-15-22(30)26-23-19(14-25)18-7-5-4-6-8-20(18)33-23/h9-12H,3-8,13,15H2,1-2H3,(H,26,30). The fraction of sp³-hybridized carbons (Fsp3) is 0.417. The lowest BCUT2D eigenvalue weighted by Gasteiger charge is -2.08. The van der Waals surface area contributed by atoms with Gasteiger partial charge in [-0.2, -0.15) is 5.26 Å². The summed E-state index contributed by atoms with van der Waals surface area (Å²) in [5.74, 6) is 1.77. The molecule has 0 saturated heterocycles. The van der Waals surface area contributed by atoms with Crippen molar-refractivity contribution in [2.75, 3.05) is 18.2 Å². The van der Waals surface area contributed by atoms with Crippen molar-refractivity contribution in [3.63, 3.8) is 0 Å². The Morgan fingerprint density at radius 1 is 1.24 bits per heavy atom. The second-order valence-corrected chi connectivity index (χ2v) is 9.93. The zero-order valence-corrected chi connectivity index (χ0v) is 20.5. The number of aryl methyl sites for hydroxylation is 1. The van der Waals surface area contributed by atoms with Crippen LogP contribution in [0.15, 0.2) is 29.4 Å². The molecule has 0 fully saturated rings. The van der Waals surface area contributed by atoms with Gasteiger partial charge >= 0.3 is 0 Å². The zero-order valence-electron chi connectivity index (χ0n) is 18.9. The van der Waals surface area contributed by atoms with E-state index in [4.69, 9.17) is 4.74 Å². The van der Waals surface area contributed by atoms with Crippen LogP contribution in [0.4, 0.5) is 5.00 Å². The Balaban J connectivity index is 1.40. The van der Waals surface area contributed by atoms with Crippen LogP contribution in [0.3, 0.4) is 0 Å². The van der Waals surface area contributed by atoms with Crippen molar-refractivity contribution >= 4 is 34.0 Å². The summed E-state index contributed by atoms with van der Waals surface area (Å²) in [6.45, 7) is 2.77. The van der Waals surface area contributed by atoms with Gasteiger partial charge in [0, 0.05) is 17.8 Å². The van der Waals surface area contributed by atoms with Crippen LogP contribution in [-0.2, 0) is 30.6 Å². The van der Waals surface area contributed by atoms with Crippen molar-refractivity contribution in [3.8, 4) is 11.8 Å². The topological polar surface area (TPSA) is 92.8 Å². The third-order valence-corrected chi connectivity index (χ3v) is 7.92. The monoisotopic (exact) mass is 481 g/mol. The van der Waals surface area contributed by atoms with Gasteiger partial charge in [0.15, 0.2) is 5.16 Å². The third-order valence-electron chi connectivity index (χ3n) is 5.75. The lowest BCUT2D eigenvalue weighted by Crippen LogP contribution is -2.15. The molecule has 0 radical (unpaired) electrons. The summed E-state index contributed by atoms with van der Waals surface area (Å²) in [5.41, 5.74) is 2.90. The quantitative estimate of drug-likeness (QED) is 0.366. The molecule has 0 bridgehead atoms. The predicted octanol–water partition coefficient (Wildman–Crippen LogP) is 4.83. The molecule has 4 rings (SSSR count). The molecular weight excluding hydrogens is 454 g/mol. The molecule has 0 unspecified atom stereocenters. The highest BCUT2D eigenvalue weighted by Crippen LogP contribution is 2.37. The normalized spacial score (nSPS) is 13.1. The number of fused-ring (bicyclic) bond motifs is 1. The molecule has 2 aromatic heterocycles. The van der Waals surface area contributed by atoms with E-state index in [1.165, 1.54) is 23.1 Å². The maximum absolute atomic E-state index is 12.7. The number of rotatable bonds is 8. The van der Waals surface area contributed by atoms with Gasteiger partial charge < -0.3 is 14.6 Å². The van der Waals surface area contributed by atoms with E-state index < -0.39 is 0 Å². The number of nitrogens with one attached hydrogen (secondary N) is 1. The summed E-state index contributed by atoms with van der Waals surface area (Å²) in [6, 6.07) is 10.2. The molecule has 0 spiro atoms. The first-order chi connectivity index (χ1) is 16.1. The number of anilines is 1. The lowest BCUT2D eigenvalue weighted by atomic mass is 10.1. The van der Waals surface area contributed by atoms with Crippen molar-refractivity contribution in [1.29, 1.82) is 5.26 Å². The molecular formula is C24H27N5O2S2. The van der Waals surface area contributed by atoms with Crippen molar-refractivity contribution in [2.24, 2.45) is 0 Å². The van der Waals surface area contributed by atoms with E-state index in [9.17, 15) is 10.1 Å². The van der Waals surface area contributed by atoms with E-state index in [0.29, 0.717) is 17.0 Å². The van der Waals surface area contributed by atoms with Gasteiger partial charge in [-0.1, -0.05) is 30.3 Å².